The van der Waals surface area contributed by atoms with Gasteiger partial charge in [0.25, 0.3) is 5.91 Å². The van der Waals surface area contributed by atoms with Gasteiger partial charge in [-0.25, -0.2) is 0 Å². The van der Waals surface area contributed by atoms with E-state index >= 15 is 0 Å². The van der Waals surface area contributed by atoms with E-state index in [0.717, 1.165) is 16.6 Å². The highest BCUT2D eigenvalue weighted by Crippen LogP contribution is 2.18. The van der Waals surface area contributed by atoms with Gasteiger partial charge in [-0.3, -0.25) is 4.79 Å². The highest BCUT2D eigenvalue weighted by atomic mass is 79.9. The van der Waals surface area contributed by atoms with Gasteiger partial charge in [0.15, 0.2) is 6.10 Å². The molecule has 1 N–H and O–H groups in total. The number of rotatable bonds is 2. The van der Waals surface area contributed by atoms with E-state index in [1.807, 2.05) is 24.3 Å². The number of halogens is 1. The second-order valence-electron chi connectivity index (χ2n) is 3.14. The lowest BCUT2D eigenvalue weighted by molar-refractivity contribution is -0.124. The number of carbonyl (C=O) groups is 1. The molecule has 1 atom stereocenters. The smallest absolute Gasteiger partial charge is 0.261 e. The fourth-order valence-electron chi connectivity index (χ4n) is 1.36. The fraction of sp³-hybridized carbons (Fsp3) is 0.300. The highest BCUT2D eigenvalue weighted by Gasteiger charge is 2.25. The molecule has 1 amide bonds. The molecular formula is C10H10BrNO2. The minimum atomic E-state index is -0.323. The van der Waals surface area contributed by atoms with E-state index in [1.165, 1.54) is 0 Å². The fourth-order valence-corrected chi connectivity index (χ4v) is 1.63. The first-order valence-corrected chi connectivity index (χ1v) is 5.25. The summed E-state index contributed by atoms with van der Waals surface area (Å²) in [5, 5.41) is 2.73. The third-order valence-electron chi connectivity index (χ3n) is 2.09. The summed E-state index contributed by atoms with van der Waals surface area (Å²) >= 11 is 3.34. The second-order valence-corrected chi connectivity index (χ2v) is 4.06. The van der Waals surface area contributed by atoms with Crippen molar-refractivity contribution < 1.29 is 9.53 Å². The first-order valence-electron chi connectivity index (χ1n) is 4.45. The van der Waals surface area contributed by atoms with E-state index in [1.54, 1.807) is 0 Å². The molecule has 1 aromatic rings. The van der Waals surface area contributed by atoms with Gasteiger partial charge in [0, 0.05) is 17.4 Å². The molecule has 0 radical (unpaired) electrons. The van der Waals surface area contributed by atoms with Crippen LogP contribution in [0.15, 0.2) is 28.7 Å². The van der Waals surface area contributed by atoms with Gasteiger partial charge in [0.1, 0.15) is 5.75 Å². The normalized spacial score (nSPS) is 20.6. The van der Waals surface area contributed by atoms with E-state index in [9.17, 15) is 4.79 Å². The maximum Gasteiger partial charge on any atom is 0.261 e. The number of hydrogen-bond donors (Lipinski definition) is 1. The molecule has 1 aromatic carbocycles. The van der Waals surface area contributed by atoms with Crippen LogP contribution in [0.1, 0.15) is 6.42 Å². The van der Waals surface area contributed by atoms with Crippen molar-refractivity contribution in [2.24, 2.45) is 0 Å². The van der Waals surface area contributed by atoms with Crippen molar-refractivity contribution in [3.05, 3.63) is 28.7 Å². The maximum absolute atomic E-state index is 11.2. The number of hydrogen-bond acceptors (Lipinski definition) is 2. The summed E-state index contributed by atoms with van der Waals surface area (Å²) in [5.41, 5.74) is 0. The van der Waals surface area contributed by atoms with E-state index in [0.29, 0.717) is 6.54 Å². The average Bonchev–Trinajstić information content (AvgIpc) is 2.56. The zero-order chi connectivity index (χ0) is 9.97. The lowest BCUT2D eigenvalue weighted by Gasteiger charge is -2.10. The molecule has 0 spiro atoms. The average molecular weight is 256 g/mol. The molecular weight excluding hydrogens is 246 g/mol. The molecule has 4 heteroatoms. The predicted octanol–water partition coefficient (Wildman–Crippen LogP) is 1.72. The summed E-state index contributed by atoms with van der Waals surface area (Å²) in [7, 11) is 0. The quantitative estimate of drug-likeness (QED) is 0.874. The van der Waals surface area contributed by atoms with Crippen LogP contribution in [0.2, 0.25) is 0 Å². The third-order valence-corrected chi connectivity index (χ3v) is 2.62. The zero-order valence-corrected chi connectivity index (χ0v) is 9.08. The molecule has 1 aliphatic rings. The molecule has 2 rings (SSSR count). The van der Waals surface area contributed by atoms with Crippen molar-refractivity contribution >= 4 is 21.8 Å². The number of benzene rings is 1. The Labute approximate surface area is 90.6 Å². The Balaban J connectivity index is 2.03. The summed E-state index contributed by atoms with van der Waals surface area (Å²) in [6.07, 6.45) is 0.422. The van der Waals surface area contributed by atoms with Crippen LogP contribution >= 0.6 is 15.9 Å². The van der Waals surface area contributed by atoms with Gasteiger partial charge in [0.05, 0.1) is 0 Å². The Bertz CT molecular complexity index is 336. The summed E-state index contributed by atoms with van der Waals surface area (Å²) in [6, 6.07) is 7.47. The monoisotopic (exact) mass is 255 g/mol. The standard InChI is InChI=1S/C10H10BrNO2/c11-7-1-3-8(4-2-7)14-9-5-6-12-10(9)13/h1-4,9H,5-6H2,(H,12,13). The molecule has 0 saturated carbocycles. The maximum atomic E-state index is 11.2. The Morgan fingerprint density at radius 1 is 1.36 bits per heavy atom. The molecule has 1 fully saturated rings. The molecule has 1 saturated heterocycles. The molecule has 0 bridgehead atoms. The van der Waals surface area contributed by atoms with Crippen LogP contribution in [-0.4, -0.2) is 18.6 Å². The van der Waals surface area contributed by atoms with Gasteiger partial charge < -0.3 is 10.1 Å². The number of nitrogens with one attached hydrogen (secondary N) is 1. The van der Waals surface area contributed by atoms with Crippen molar-refractivity contribution in [1.29, 1.82) is 0 Å². The lowest BCUT2D eigenvalue weighted by atomic mass is 10.3. The Morgan fingerprint density at radius 3 is 2.64 bits per heavy atom. The van der Waals surface area contributed by atoms with E-state index < -0.39 is 0 Å². The zero-order valence-electron chi connectivity index (χ0n) is 7.50. The topological polar surface area (TPSA) is 38.3 Å². The Kier molecular flexibility index (Phi) is 2.72. The van der Waals surface area contributed by atoms with Crippen LogP contribution in [0.5, 0.6) is 5.75 Å². The summed E-state index contributed by atoms with van der Waals surface area (Å²) in [4.78, 5) is 11.2. The summed E-state index contributed by atoms with van der Waals surface area (Å²) in [5.74, 6) is 0.711. The van der Waals surface area contributed by atoms with Crippen molar-refractivity contribution in [2.45, 2.75) is 12.5 Å². The minimum absolute atomic E-state index is 0.0204. The van der Waals surface area contributed by atoms with Gasteiger partial charge in [0.2, 0.25) is 0 Å². The van der Waals surface area contributed by atoms with Crippen molar-refractivity contribution in [3.63, 3.8) is 0 Å². The molecule has 0 aliphatic carbocycles. The number of amides is 1. The van der Waals surface area contributed by atoms with Crippen molar-refractivity contribution in [3.8, 4) is 5.75 Å². The van der Waals surface area contributed by atoms with Crippen LogP contribution in [0.25, 0.3) is 0 Å². The van der Waals surface area contributed by atoms with Crippen LogP contribution < -0.4 is 10.1 Å². The SMILES string of the molecule is O=C1NCCC1Oc1ccc(Br)cc1. The molecule has 1 heterocycles. The molecule has 14 heavy (non-hydrogen) atoms. The molecule has 3 nitrogen and oxygen atoms in total. The van der Waals surface area contributed by atoms with E-state index in [2.05, 4.69) is 21.2 Å². The Morgan fingerprint density at radius 2 is 2.07 bits per heavy atom. The third kappa shape index (κ3) is 2.07. The van der Waals surface area contributed by atoms with Crippen LogP contribution in [-0.2, 0) is 4.79 Å². The second kappa shape index (κ2) is 4.00. The van der Waals surface area contributed by atoms with Gasteiger partial charge in [-0.1, -0.05) is 15.9 Å². The molecule has 1 aliphatic heterocycles. The van der Waals surface area contributed by atoms with Crippen LogP contribution in [0, 0.1) is 0 Å². The predicted molar refractivity (Wildman–Crippen MR) is 56.2 cm³/mol. The van der Waals surface area contributed by atoms with Gasteiger partial charge in [-0.15, -0.1) is 0 Å². The van der Waals surface area contributed by atoms with Crippen LogP contribution in [0.4, 0.5) is 0 Å². The van der Waals surface area contributed by atoms with Crippen LogP contribution in [0.3, 0.4) is 0 Å². The lowest BCUT2D eigenvalue weighted by Crippen LogP contribution is -2.27. The van der Waals surface area contributed by atoms with E-state index in [-0.39, 0.29) is 12.0 Å². The molecule has 1 unspecified atom stereocenters. The summed E-state index contributed by atoms with van der Waals surface area (Å²) < 4.78 is 6.51. The minimum Gasteiger partial charge on any atom is -0.481 e. The molecule has 0 aromatic heterocycles. The van der Waals surface area contributed by atoms with Gasteiger partial charge >= 0.3 is 0 Å². The van der Waals surface area contributed by atoms with Gasteiger partial charge in [-0.05, 0) is 24.3 Å². The first-order chi connectivity index (χ1) is 6.75. The highest BCUT2D eigenvalue weighted by molar-refractivity contribution is 9.10. The largest absolute Gasteiger partial charge is 0.481 e. The van der Waals surface area contributed by atoms with Crippen molar-refractivity contribution in [1.82, 2.24) is 5.32 Å². The van der Waals surface area contributed by atoms with Gasteiger partial charge in [-0.2, -0.15) is 0 Å². The molecule has 74 valence electrons. The number of carbonyl (C=O) groups excluding carboxylic acids is 1. The Hall–Kier alpha value is -1.03. The number of ether oxygens (including phenoxy) is 1. The summed E-state index contributed by atoms with van der Waals surface area (Å²) in [6.45, 7) is 0.708. The van der Waals surface area contributed by atoms with Crippen molar-refractivity contribution in [2.75, 3.05) is 6.54 Å². The van der Waals surface area contributed by atoms with E-state index in [4.69, 9.17) is 4.74 Å². The first kappa shape index (κ1) is 9.52.